The topological polar surface area (TPSA) is 118 Å². The molecule has 1 aromatic carbocycles. The van der Waals surface area contributed by atoms with Crippen LogP contribution in [0, 0.1) is 18.6 Å². The number of ether oxygens (including phenoxy) is 1. The van der Waals surface area contributed by atoms with E-state index in [2.05, 4.69) is 20.0 Å². The van der Waals surface area contributed by atoms with E-state index in [0.717, 1.165) is 25.1 Å². The third-order valence-electron chi connectivity index (χ3n) is 4.48. The van der Waals surface area contributed by atoms with Crippen molar-refractivity contribution in [3.63, 3.8) is 0 Å². The van der Waals surface area contributed by atoms with E-state index in [4.69, 9.17) is 4.74 Å². The molecule has 3 N–H and O–H groups in total. The van der Waals surface area contributed by atoms with Crippen LogP contribution in [0.4, 0.5) is 18.6 Å². The molecule has 170 valence electrons. The zero-order valence-electron chi connectivity index (χ0n) is 17.1. The average molecular weight is 465 g/mol. The molecule has 0 saturated carbocycles. The Kier molecular flexibility index (Phi) is 7.71. The molecule has 2 amide bonds. The Bertz CT molecular complexity index is 1090. The summed E-state index contributed by atoms with van der Waals surface area (Å²) in [5, 5.41) is 14.5. The Labute approximate surface area is 186 Å². The van der Waals surface area contributed by atoms with Crippen LogP contribution in [0.3, 0.4) is 0 Å². The molecule has 0 atom stereocenters. The van der Waals surface area contributed by atoms with Crippen molar-refractivity contribution in [2.45, 2.75) is 32.9 Å². The van der Waals surface area contributed by atoms with Gasteiger partial charge < -0.3 is 19.7 Å². The van der Waals surface area contributed by atoms with Gasteiger partial charge in [-0.25, -0.2) is 23.4 Å². The summed E-state index contributed by atoms with van der Waals surface area (Å²) in [4.78, 5) is 27.7. The summed E-state index contributed by atoms with van der Waals surface area (Å²) in [5.74, 6) is -2.95. The standard InChI is InChI=1S/C20H21F2N5O4S/c1-12-8-15(22)13(9-14(12)21)10-31-17-16(19(28)29)18(32-26-17)25-20(30)24-4-2-3-6-27-7-5-23-11-27/h5,7-9,11H,2-4,6,10H2,1H3,(H,28,29)(H2,24,25,30). The molecule has 32 heavy (non-hydrogen) atoms. The molecule has 0 radical (unpaired) electrons. The summed E-state index contributed by atoms with van der Waals surface area (Å²) >= 11 is 0.714. The summed E-state index contributed by atoms with van der Waals surface area (Å²) in [5.41, 5.74) is -0.302. The van der Waals surface area contributed by atoms with Crippen LogP contribution in [-0.2, 0) is 13.2 Å². The number of benzene rings is 1. The third-order valence-corrected chi connectivity index (χ3v) is 5.23. The molecule has 0 bridgehead atoms. The fourth-order valence-corrected chi connectivity index (χ4v) is 3.50. The van der Waals surface area contributed by atoms with E-state index >= 15 is 0 Å². The van der Waals surface area contributed by atoms with Crippen molar-refractivity contribution in [2.24, 2.45) is 0 Å². The Balaban J connectivity index is 1.54. The molecule has 12 heteroatoms. The van der Waals surface area contributed by atoms with Crippen molar-refractivity contribution in [1.29, 1.82) is 0 Å². The molecule has 3 rings (SSSR count). The van der Waals surface area contributed by atoms with Crippen LogP contribution in [0.5, 0.6) is 5.88 Å². The number of urea groups is 1. The van der Waals surface area contributed by atoms with Crippen molar-refractivity contribution in [3.8, 4) is 5.88 Å². The van der Waals surface area contributed by atoms with Gasteiger partial charge in [0, 0.05) is 31.0 Å². The van der Waals surface area contributed by atoms with E-state index < -0.39 is 30.2 Å². The van der Waals surface area contributed by atoms with Gasteiger partial charge in [0.15, 0.2) is 5.56 Å². The minimum Gasteiger partial charge on any atom is -0.477 e. The number of aromatic carboxylic acids is 1. The van der Waals surface area contributed by atoms with Crippen LogP contribution in [0.25, 0.3) is 0 Å². The van der Waals surface area contributed by atoms with Gasteiger partial charge in [-0.05, 0) is 49.0 Å². The fourth-order valence-electron chi connectivity index (χ4n) is 2.78. The number of aryl methyl sites for hydroxylation is 2. The molecule has 0 spiro atoms. The van der Waals surface area contributed by atoms with Crippen LogP contribution in [0.1, 0.15) is 34.3 Å². The van der Waals surface area contributed by atoms with E-state index in [-0.39, 0.29) is 27.6 Å². The lowest BCUT2D eigenvalue weighted by atomic mass is 10.1. The number of rotatable bonds is 10. The van der Waals surface area contributed by atoms with Crippen LogP contribution >= 0.6 is 11.5 Å². The van der Waals surface area contributed by atoms with Gasteiger partial charge in [0.25, 0.3) is 0 Å². The van der Waals surface area contributed by atoms with Crippen LogP contribution in [0.15, 0.2) is 30.9 Å². The minimum absolute atomic E-state index is 0.0287. The quantitative estimate of drug-likeness (QED) is 0.392. The Morgan fingerprint density at radius 2 is 2.06 bits per heavy atom. The summed E-state index contributed by atoms with van der Waals surface area (Å²) in [6, 6.07) is 1.42. The van der Waals surface area contributed by atoms with Crippen LogP contribution in [0.2, 0.25) is 0 Å². The number of nitrogens with zero attached hydrogens (tertiary/aromatic N) is 3. The molecule has 2 heterocycles. The molecule has 0 fully saturated rings. The number of amides is 2. The molecule has 0 aliphatic rings. The summed E-state index contributed by atoms with van der Waals surface area (Å²) in [7, 11) is 0. The summed E-state index contributed by atoms with van der Waals surface area (Å²) < 4.78 is 38.8. The van der Waals surface area contributed by atoms with Gasteiger partial charge in [-0.15, -0.1) is 0 Å². The number of aromatic nitrogens is 3. The lowest BCUT2D eigenvalue weighted by Gasteiger charge is -2.08. The molecular formula is C20H21F2N5O4S. The first-order chi connectivity index (χ1) is 15.3. The Hall–Kier alpha value is -3.54. The highest BCUT2D eigenvalue weighted by atomic mass is 32.1. The average Bonchev–Trinajstić information content (AvgIpc) is 3.39. The van der Waals surface area contributed by atoms with Gasteiger partial charge in [-0.2, -0.15) is 4.37 Å². The van der Waals surface area contributed by atoms with E-state index in [1.165, 1.54) is 6.92 Å². The van der Waals surface area contributed by atoms with Crippen molar-refractivity contribution in [1.82, 2.24) is 19.2 Å². The van der Waals surface area contributed by atoms with Gasteiger partial charge in [0.05, 0.1) is 6.33 Å². The normalized spacial score (nSPS) is 10.7. The van der Waals surface area contributed by atoms with Crippen molar-refractivity contribution in [2.75, 3.05) is 11.9 Å². The number of halogens is 2. The van der Waals surface area contributed by atoms with Gasteiger partial charge in [-0.1, -0.05) is 0 Å². The molecular weight excluding hydrogens is 444 g/mol. The van der Waals surface area contributed by atoms with Crippen molar-refractivity contribution < 1.29 is 28.2 Å². The van der Waals surface area contributed by atoms with Gasteiger partial charge >= 0.3 is 12.0 Å². The molecule has 3 aromatic rings. The van der Waals surface area contributed by atoms with Gasteiger partial charge in [0.1, 0.15) is 23.2 Å². The highest BCUT2D eigenvalue weighted by Gasteiger charge is 2.24. The van der Waals surface area contributed by atoms with Gasteiger partial charge in [0.2, 0.25) is 5.88 Å². The monoisotopic (exact) mass is 465 g/mol. The maximum absolute atomic E-state index is 14.0. The largest absolute Gasteiger partial charge is 0.477 e. The molecule has 0 unspecified atom stereocenters. The Morgan fingerprint density at radius 1 is 1.25 bits per heavy atom. The first-order valence-corrected chi connectivity index (χ1v) is 10.4. The second-order valence-electron chi connectivity index (χ2n) is 6.87. The number of hydrogen-bond donors (Lipinski definition) is 3. The summed E-state index contributed by atoms with van der Waals surface area (Å²) in [6.07, 6.45) is 6.79. The van der Waals surface area contributed by atoms with Crippen LogP contribution in [-0.4, -0.2) is 37.6 Å². The predicted molar refractivity (Wildman–Crippen MR) is 113 cm³/mol. The number of hydrogen-bond acceptors (Lipinski definition) is 6. The first-order valence-electron chi connectivity index (χ1n) is 9.66. The molecule has 0 aliphatic heterocycles. The smallest absolute Gasteiger partial charge is 0.344 e. The molecule has 0 aliphatic carbocycles. The van der Waals surface area contributed by atoms with E-state index in [1.807, 2.05) is 10.8 Å². The third kappa shape index (κ3) is 6.00. The summed E-state index contributed by atoms with van der Waals surface area (Å²) in [6.45, 7) is 2.17. The highest BCUT2D eigenvalue weighted by Crippen LogP contribution is 2.31. The number of carbonyl (C=O) groups is 2. The van der Waals surface area contributed by atoms with E-state index in [1.54, 1.807) is 12.5 Å². The SMILES string of the molecule is Cc1cc(F)c(COc2nsc(NC(=O)NCCCCn3ccnc3)c2C(=O)O)cc1F. The van der Waals surface area contributed by atoms with E-state index in [0.29, 0.717) is 24.5 Å². The lowest BCUT2D eigenvalue weighted by Crippen LogP contribution is -2.29. The number of anilines is 1. The lowest BCUT2D eigenvalue weighted by molar-refractivity contribution is 0.0693. The predicted octanol–water partition coefficient (Wildman–Crippen LogP) is 3.81. The second kappa shape index (κ2) is 10.7. The molecule has 9 nitrogen and oxygen atoms in total. The highest BCUT2D eigenvalue weighted by molar-refractivity contribution is 7.11. The number of imidazole rings is 1. The number of nitrogens with one attached hydrogen (secondary N) is 2. The van der Waals surface area contributed by atoms with Crippen LogP contribution < -0.4 is 15.4 Å². The number of carboxylic acid groups (broad SMARTS) is 1. The maximum Gasteiger partial charge on any atom is 0.344 e. The molecule has 0 saturated heterocycles. The zero-order valence-corrected chi connectivity index (χ0v) is 17.9. The van der Waals surface area contributed by atoms with E-state index in [9.17, 15) is 23.5 Å². The fraction of sp³-hybridized carbons (Fsp3) is 0.300. The van der Waals surface area contributed by atoms with Crippen molar-refractivity contribution in [3.05, 3.63) is 59.2 Å². The maximum atomic E-state index is 14.0. The second-order valence-corrected chi connectivity index (χ2v) is 7.64. The first kappa shape index (κ1) is 23.1. The van der Waals surface area contributed by atoms with Crippen molar-refractivity contribution >= 4 is 28.5 Å². The number of carbonyl (C=O) groups excluding carboxylic acids is 1. The number of unbranched alkanes of at least 4 members (excludes halogenated alkanes) is 1. The number of carboxylic acids is 1. The zero-order chi connectivity index (χ0) is 23.1. The minimum atomic E-state index is -1.38. The molecule has 2 aromatic heterocycles. The van der Waals surface area contributed by atoms with Gasteiger partial charge in [-0.3, -0.25) is 5.32 Å². The Morgan fingerprint density at radius 3 is 2.78 bits per heavy atom.